The second kappa shape index (κ2) is 6.54. The maximum absolute atomic E-state index is 14.0. The molecule has 0 saturated heterocycles. The van der Waals surface area contributed by atoms with Crippen LogP contribution >= 0.6 is 0 Å². The summed E-state index contributed by atoms with van der Waals surface area (Å²) in [4.78, 5) is 0.0152. The Morgan fingerprint density at radius 3 is 2.35 bits per heavy atom. The summed E-state index contributed by atoms with van der Waals surface area (Å²) in [5.41, 5.74) is 0.451. The van der Waals surface area contributed by atoms with Crippen molar-refractivity contribution in [1.29, 1.82) is 0 Å². The van der Waals surface area contributed by atoms with Crippen molar-refractivity contribution in [3.8, 4) is 5.75 Å². The highest BCUT2D eigenvalue weighted by molar-refractivity contribution is 7.92. The third-order valence-corrected chi connectivity index (χ3v) is 5.30. The normalized spacial score (nSPS) is 11.3. The van der Waals surface area contributed by atoms with Crippen LogP contribution in [0.4, 0.5) is 14.5 Å². The van der Waals surface area contributed by atoms with Gasteiger partial charge in [0, 0.05) is 12.6 Å². The van der Waals surface area contributed by atoms with Gasteiger partial charge in [-0.3, -0.25) is 4.31 Å². The van der Waals surface area contributed by atoms with Crippen LogP contribution in [0.25, 0.3) is 0 Å². The first-order chi connectivity index (χ1) is 10.8. The van der Waals surface area contributed by atoms with Crippen molar-refractivity contribution in [1.82, 2.24) is 0 Å². The van der Waals surface area contributed by atoms with Gasteiger partial charge in [-0.1, -0.05) is 0 Å². The summed E-state index contributed by atoms with van der Waals surface area (Å²) >= 11 is 0. The predicted octanol–water partition coefficient (Wildman–Crippen LogP) is 3.50. The fourth-order valence-electron chi connectivity index (χ4n) is 2.29. The zero-order valence-electron chi connectivity index (χ0n) is 13.0. The van der Waals surface area contributed by atoms with Crippen LogP contribution in [-0.4, -0.2) is 22.1 Å². The smallest absolute Gasteiger partial charge is 0.264 e. The fraction of sp³-hybridized carbons (Fsp3) is 0.250. The van der Waals surface area contributed by atoms with E-state index in [9.17, 15) is 17.2 Å². The lowest BCUT2D eigenvalue weighted by Crippen LogP contribution is -2.31. The van der Waals surface area contributed by atoms with Crippen LogP contribution in [-0.2, 0) is 10.0 Å². The first-order valence-corrected chi connectivity index (χ1v) is 8.37. The van der Waals surface area contributed by atoms with E-state index in [-0.39, 0.29) is 17.1 Å². The maximum Gasteiger partial charge on any atom is 0.264 e. The SMILES string of the molecule is CCN(c1ccc(F)cc1F)S(=O)(=O)c1ccc(OC)c(C)c1. The highest BCUT2D eigenvalue weighted by Crippen LogP contribution is 2.29. The number of hydrogen-bond donors (Lipinski definition) is 0. The number of anilines is 1. The zero-order chi connectivity index (χ0) is 17.2. The highest BCUT2D eigenvalue weighted by atomic mass is 32.2. The Kier molecular flexibility index (Phi) is 4.89. The monoisotopic (exact) mass is 341 g/mol. The lowest BCUT2D eigenvalue weighted by Gasteiger charge is -2.23. The van der Waals surface area contributed by atoms with E-state index in [4.69, 9.17) is 4.74 Å². The molecular weight excluding hydrogens is 324 g/mol. The van der Waals surface area contributed by atoms with E-state index in [1.807, 2.05) is 0 Å². The van der Waals surface area contributed by atoms with E-state index >= 15 is 0 Å². The molecule has 0 N–H and O–H groups in total. The van der Waals surface area contributed by atoms with Gasteiger partial charge < -0.3 is 4.74 Å². The molecule has 0 amide bonds. The summed E-state index contributed by atoms with van der Waals surface area (Å²) in [6.45, 7) is 3.30. The molecule has 124 valence electrons. The van der Waals surface area contributed by atoms with Crippen LogP contribution in [0.1, 0.15) is 12.5 Å². The molecule has 0 fully saturated rings. The summed E-state index contributed by atoms with van der Waals surface area (Å²) in [5, 5.41) is 0. The molecule has 7 heteroatoms. The molecule has 2 aromatic carbocycles. The lowest BCUT2D eigenvalue weighted by molar-refractivity contribution is 0.411. The van der Waals surface area contributed by atoms with E-state index in [1.54, 1.807) is 13.8 Å². The molecule has 23 heavy (non-hydrogen) atoms. The standard InChI is InChI=1S/C16H17F2NO3S/c1-4-19(15-7-5-12(17)10-14(15)18)23(20,21)13-6-8-16(22-3)11(2)9-13/h5-10H,4H2,1-3H3. The van der Waals surface area contributed by atoms with E-state index in [0.29, 0.717) is 17.4 Å². The average molecular weight is 341 g/mol. The summed E-state index contributed by atoms with van der Waals surface area (Å²) in [7, 11) is -2.48. The fourth-order valence-corrected chi connectivity index (χ4v) is 3.86. The van der Waals surface area contributed by atoms with Gasteiger partial charge >= 0.3 is 0 Å². The Morgan fingerprint density at radius 1 is 1.13 bits per heavy atom. The number of nitrogens with zero attached hydrogens (tertiary/aromatic N) is 1. The van der Waals surface area contributed by atoms with Gasteiger partial charge in [0.1, 0.15) is 17.4 Å². The lowest BCUT2D eigenvalue weighted by atomic mass is 10.2. The molecule has 2 rings (SSSR count). The molecule has 0 aliphatic carbocycles. The van der Waals surface area contributed by atoms with Gasteiger partial charge in [-0.25, -0.2) is 17.2 Å². The van der Waals surface area contributed by atoms with Crippen molar-refractivity contribution in [2.45, 2.75) is 18.7 Å². The van der Waals surface area contributed by atoms with E-state index in [0.717, 1.165) is 16.4 Å². The molecule has 0 atom stereocenters. The minimum absolute atomic E-state index is 0.00988. The summed E-state index contributed by atoms with van der Waals surface area (Å²) in [6, 6.07) is 7.19. The molecule has 0 aliphatic rings. The van der Waals surface area contributed by atoms with Crippen LogP contribution in [0, 0.1) is 18.6 Å². The number of ether oxygens (including phenoxy) is 1. The van der Waals surface area contributed by atoms with Crippen LogP contribution in [0.15, 0.2) is 41.3 Å². The molecule has 0 aromatic heterocycles. The third kappa shape index (κ3) is 3.29. The second-order valence-corrected chi connectivity index (χ2v) is 6.76. The number of sulfonamides is 1. The number of hydrogen-bond acceptors (Lipinski definition) is 3. The number of aryl methyl sites for hydroxylation is 1. The molecule has 0 saturated carbocycles. The molecule has 0 radical (unpaired) electrons. The summed E-state index contributed by atoms with van der Waals surface area (Å²) in [5.74, 6) is -1.14. The van der Waals surface area contributed by atoms with Gasteiger partial charge in [-0.05, 0) is 49.7 Å². The minimum Gasteiger partial charge on any atom is -0.496 e. The molecule has 4 nitrogen and oxygen atoms in total. The molecule has 0 heterocycles. The van der Waals surface area contributed by atoms with Gasteiger partial charge in [0.2, 0.25) is 0 Å². The maximum atomic E-state index is 14.0. The Balaban J connectivity index is 2.53. The highest BCUT2D eigenvalue weighted by Gasteiger charge is 2.26. The number of halogens is 2. The third-order valence-electron chi connectivity index (χ3n) is 3.42. The molecule has 0 unspecified atom stereocenters. The Morgan fingerprint density at radius 2 is 1.83 bits per heavy atom. The first-order valence-electron chi connectivity index (χ1n) is 6.93. The Bertz CT molecular complexity index is 822. The zero-order valence-corrected chi connectivity index (χ0v) is 13.8. The van der Waals surface area contributed by atoms with Gasteiger partial charge in [0.15, 0.2) is 0 Å². The van der Waals surface area contributed by atoms with Crippen molar-refractivity contribution < 1.29 is 21.9 Å². The molecule has 0 bridgehead atoms. The quantitative estimate of drug-likeness (QED) is 0.836. The topological polar surface area (TPSA) is 46.6 Å². The van der Waals surface area contributed by atoms with Gasteiger partial charge in [-0.2, -0.15) is 0 Å². The molecule has 0 spiro atoms. The summed E-state index contributed by atoms with van der Waals surface area (Å²) in [6.07, 6.45) is 0. The van der Waals surface area contributed by atoms with Gasteiger partial charge in [0.25, 0.3) is 10.0 Å². The van der Waals surface area contributed by atoms with Crippen molar-refractivity contribution >= 4 is 15.7 Å². The largest absolute Gasteiger partial charge is 0.496 e. The van der Waals surface area contributed by atoms with Crippen molar-refractivity contribution in [2.75, 3.05) is 18.0 Å². The van der Waals surface area contributed by atoms with Crippen LogP contribution in [0.5, 0.6) is 5.75 Å². The Hall–Kier alpha value is -2.15. The van der Waals surface area contributed by atoms with E-state index in [1.165, 1.54) is 25.3 Å². The van der Waals surface area contributed by atoms with Crippen molar-refractivity contribution in [2.24, 2.45) is 0 Å². The molecule has 0 aliphatic heterocycles. The molecule has 2 aromatic rings. The van der Waals surface area contributed by atoms with Crippen LogP contribution in [0.3, 0.4) is 0 Å². The van der Waals surface area contributed by atoms with Gasteiger partial charge in [-0.15, -0.1) is 0 Å². The Labute approximate surface area is 134 Å². The van der Waals surface area contributed by atoms with Crippen molar-refractivity contribution in [3.05, 3.63) is 53.6 Å². The number of methoxy groups -OCH3 is 1. The van der Waals surface area contributed by atoms with E-state index in [2.05, 4.69) is 0 Å². The predicted molar refractivity (Wildman–Crippen MR) is 84.3 cm³/mol. The summed E-state index contributed by atoms with van der Waals surface area (Å²) < 4.78 is 58.6. The van der Waals surface area contributed by atoms with Crippen LogP contribution in [0.2, 0.25) is 0 Å². The van der Waals surface area contributed by atoms with Crippen molar-refractivity contribution in [3.63, 3.8) is 0 Å². The van der Waals surface area contributed by atoms with Crippen LogP contribution < -0.4 is 9.04 Å². The minimum atomic E-state index is -3.97. The van der Waals surface area contributed by atoms with Gasteiger partial charge in [0.05, 0.1) is 17.7 Å². The number of benzene rings is 2. The van der Waals surface area contributed by atoms with E-state index < -0.39 is 21.7 Å². The second-order valence-electron chi connectivity index (χ2n) is 4.90. The number of rotatable bonds is 5. The average Bonchev–Trinajstić information content (AvgIpc) is 2.49. The first kappa shape index (κ1) is 17.2. The molecular formula is C16H17F2NO3S.